The Morgan fingerprint density at radius 3 is 3.06 bits per heavy atom. The number of sulfonamides is 1. The molecule has 1 fully saturated rings. The van der Waals surface area contributed by atoms with Crippen molar-refractivity contribution in [3.63, 3.8) is 0 Å². The van der Waals surface area contributed by atoms with Gasteiger partial charge in [-0.05, 0) is 12.1 Å². The highest BCUT2D eigenvalue weighted by atomic mass is 35.5. The Bertz CT molecular complexity index is 584. The number of rotatable bonds is 2. The van der Waals surface area contributed by atoms with Crippen LogP contribution in [0.15, 0.2) is 23.2 Å². The van der Waals surface area contributed by atoms with Gasteiger partial charge in [0.25, 0.3) is 0 Å². The molecule has 0 amide bonds. The van der Waals surface area contributed by atoms with E-state index in [2.05, 4.69) is 4.98 Å². The average molecular weight is 288 g/mol. The molecule has 0 N–H and O–H groups in total. The second-order valence-electron chi connectivity index (χ2n) is 3.64. The molecule has 0 saturated carbocycles. The Labute approximate surface area is 110 Å². The van der Waals surface area contributed by atoms with Crippen LogP contribution in [-0.4, -0.2) is 43.5 Å². The van der Waals surface area contributed by atoms with Crippen LogP contribution >= 0.6 is 11.6 Å². The number of aromatic nitrogens is 1. The van der Waals surface area contributed by atoms with E-state index >= 15 is 0 Å². The van der Waals surface area contributed by atoms with Crippen LogP contribution in [0.2, 0.25) is 5.15 Å². The summed E-state index contributed by atoms with van der Waals surface area (Å²) in [6.07, 6.45) is 0.669. The zero-order valence-electron chi connectivity index (χ0n) is 9.28. The maximum absolute atomic E-state index is 12.3. The van der Waals surface area contributed by atoms with E-state index in [-0.39, 0.29) is 29.7 Å². The normalized spacial score (nSPS) is 21.4. The molecule has 1 aromatic rings. The fourth-order valence-corrected chi connectivity index (χ4v) is 3.48. The Balaban J connectivity index is 2.32. The third-order valence-corrected chi connectivity index (χ3v) is 4.83. The lowest BCUT2D eigenvalue weighted by atomic mass is 10.3. The molecule has 1 atom stereocenters. The van der Waals surface area contributed by atoms with E-state index in [1.807, 2.05) is 6.07 Å². The van der Waals surface area contributed by atoms with Gasteiger partial charge in [0.1, 0.15) is 10.0 Å². The van der Waals surface area contributed by atoms with Gasteiger partial charge in [-0.25, -0.2) is 13.4 Å². The first-order valence-electron chi connectivity index (χ1n) is 5.17. The van der Waals surface area contributed by atoms with Crippen LogP contribution < -0.4 is 0 Å². The van der Waals surface area contributed by atoms with E-state index in [0.29, 0.717) is 0 Å². The van der Waals surface area contributed by atoms with Gasteiger partial charge in [0.2, 0.25) is 10.0 Å². The first-order valence-corrected chi connectivity index (χ1v) is 6.99. The summed E-state index contributed by atoms with van der Waals surface area (Å²) in [7, 11) is -3.73. The molecule has 0 aliphatic carbocycles. The van der Waals surface area contributed by atoms with Gasteiger partial charge < -0.3 is 4.74 Å². The molecule has 8 heteroatoms. The standard InChI is InChI=1S/C10H10ClN3O3S/c11-10-9(2-1-3-13-10)18(15,16)14-4-5-17-8(6-12)7-14/h1-3,8H,4-5,7H2. The van der Waals surface area contributed by atoms with Gasteiger partial charge in [-0.15, -0.1) is 0 Å². The second-order valence-corrected chi connectivity index (χ2v) is 5.91. The molecule has 1 aromatic heterocycles. The van der Waals surface area contributed by atoms with Gasteiger partial charge in [-0.3, -0.25) is 0 Å². The van der Waals surface area contributed by atoms with Crippen LogP contribution in [0, 0.1) is 11.3 Å². The molecule has 0 spiro atoms. The Morgan fingerprint density at radius 1 is 1.61 bits per heavy atom. The summed E-state index contributed by atoms with van der Waals surface area (Å²) in [5.74, 6) is 0. The van der Waals surface area contributed by atoms with E-state index in [1.165, 1.54) is 22.6 Å². The Hall–Kier alpha value is -1.20. The van der Waals surface area contributed by atoms with E-state index in [9.17, 15) is 8.42 Å². The van der Waals surface area contributed by atoms with Crippen molar-refractivity contribution in [1.29, 1.82) is 5.26 Å². The first-order chi connectivity index (χ1) is 8.55. The van der Waals surface area contributed by atoms with Gasteiger partial charge in [-0.2, -0.15) is 9.57 Å². The van der Waals surface area contributed by atoms with Crippen LogP contribution in [-0.2, 0) is 14.8 Å². The number of halogens is 1. The summed E-state index contributed by atoms with van der Waals surface area (Å²) in [6, 6.07) is 4.79. The molecule has 18 heavy (non-hydrogen) atoms. The van der Waals surface area contributed by atoms with Crippen molar-refractivity contribution >= 4 is 21.6 Å². The molecule has 0 aromatic carbocycles. The van der Waals surface area contributed by atoms with Crippen molar-refractivity contribution < 1.29 is 13.2 Å². The number of morpholine rings is 1. The fourth-order valence-electron chi connectivity index (χ4n) is 1.62. The molecule has 6 nitrogen and oxygen atoms in total. The van der Waals surface area contributed by atoms with Crippen molar-refractivity contribution in [2.45, 2.75) is 11.0 Å². The summed E-state index contributed by atoms with van der Waals surface area (Å²) in [6.45, 7) is 0.394. The van der Waals surface area contributed by atoms with Crippen molar-refractivity contribution in [2.24, 2.45) is 0 Å². The van der Waals surface area contributed by atoms with Crippen molar-refractivity contribution in [2.75, 3.05) is 19.7 Å². The van der Waals surface area contributed by atoms with Gasteiger partial charge in [0.15, 0.2) is 6.10 Å². The minimum Gasteiger partial charge on any atom is -0.361 e. The summed E-state index contributed by atoms with van der Waals surface area (Å²) >= 11 is 5.79. The van der Waals surface area contributed by atoms with E-state index in [1.54, 1.807) is 0 Å². The second kappa shape index (κ2) is 5.20. The van der Waals surface area contributed by atoms with Gasteiger partial charge in [-0.1, -0.05) is 11.6 Å². The van der Waals surface area contributed by atoms with Crippen LogP contribution in [0.4, 0.5) is 0 Å². The van der Waals surface area contributed by atoms with Gasteiger partial charge >= 0.3 is 0 Å². The highest BCUT2D eigenvalue weighted by Gasteiger charge is 2.32. The number of hydrogen-bond acceptors (Lipinski definition) is 5. The SMILES string of the molecule is N#CC1CN(S(=O)(=O)c2cccnc2Cl)CCO1. The summed E-state index contributed by atoms with van der Waals surface area (Å²) < 4.78 is 30.9. The molecule has 2 heterocycles. The average Bonchev–Trinajstić information content (AvgIpc) is 2.39. The molecule has 2 rings (SSSR count). The predicted octanol–water partition coefficient (Wildman–Crippen LogP) is 0.648. The molecule has 1 aliphatic rings. The minimum absolute atomic E-state index is 0.00402. The van der Waals surface area contributed by atoms with Gasteiger partial charge in [0.05, 0.1) is 19.2 Å². The number of ether oxygens (including phenoxy) is 1. The lowest BCUT2D eigenvalue weighted by Gasteiger charge is -2.28. The number of pyridine rings is 1. The maximum atomic E-state index is 12.3. The molecule has 96 valence electrons. The molecular weight excluding hydrogens is 278 g/mol. The maximum Gasteiger partial charge on any atom is 0.246 e. The fraction of sp³-hybridized carbons (Fsp3) is 0.400. The quantitative estimate of drug-likeness (QED) is 0.746. The zero-order chi connectivity index (χ0) is 13.2. The predicted molar refractivity (Wildman–Crippen MR) is 63.4 cm³/mol. The molecule has 1 aliphatic heterocycles. The van der Waals surface area contributed by atoms with E-state index in [4.69, 9.17) is 21.6 Å². The number of nitrogens with zero attached hydrogens (tertiary/aromatic N) is 3. The van der Waals surface area contributed by atoms with Crippen molar-refractivity contribution in [3.8, 4) is 6.07 Å². The van der Waals surface area contributed by atoms with Crippen molar-refractivity contribution in [3.05, 3.63) is 23.5 Å². The largest absolute Gasteiger partial charge is 0.361 e. The summed E-state index contributed by atoms with van der Waals surface area (Å²) in [5, 5.41) is 8.69. The topological polar surface area (TPSA) is 83.3 Å². The Morgan fingerprint density at radius 2 is 2.39 bits per heavy atom. The van der Waals surface area contributed by atoms with E-state index < -0.39 is 16.1 Å². The van der Waals surface area contributed by atoms with E-state index in [0.717, 1.165) is 0 Å². The number of nitriles is 1. The van der Waals surface area contributed by atoms with Gasteiger partial charge in [0, 0.05) is 12.7 Å². The van der Waals surface area contributed by atoms with Crippen LogP contribution in [0.3, 0.4) is 0 Å². The van der Waals surface area contributed by atoms with Crippen molar-refractivity contribution in [1.82, 2.24) is 9.29 Å². The Kier molecular flexibility index (Phi) is 3.82. The minimum atomic E-state index is -3.73. The van der Waals surface area contributed by atoms with Crippen LogP contribution in [0.25, 0.3) is 0 Å². The third kappa shape index (κ3) is 2.47. The molecule has 0 radical (unpaired) electrons. The van der Waals surface area contributed by atoms with Crippen LogP contribution in [0.1, 0.15) is 0 Å². The first kappa shape index (κ1) is 13.2. The smallest absolute Gasteiger partial charge is 0.246 e. The summed E-state index contributed by atoms with van der Waals surface area (Å²) in [5.41, 5.74) is 0. The lowest BCUT2D eigenvalue weighted by Crippen LogP contribution is -2.45. The molecular formula is C10H10ClN3O3S. The molecule has 1 unspecified atom stereocenters. The zero-order valence-corrected chi connectivity index (χ0v) is 10.9. The number of hydrogen-bond donors (Lipinski definition) is 0. The lowest BCUT2D eigenvalue weighted by molar-refractivity contribution is 0.0311. The molecule has 1 saturated heterocycles. The summed E-state index contributed by atoms with van der Waals surface area (Å²) in [4.78, 5) is 3.69. The third-order valence-electron chi connectivity index (χ3n) is 2.52. The molecule has 0 bridgehead atoms. The highest BCUT2D eigenvalue weighted by molar-refractivity contribution is 7.89. The van der Waals surface area contributed by atoms with Crippen LogP contribution in [0.5, 0.6) is 0 Å². The monoisotopic (exact) mass is 287 g/mol. The highest BCUT2D eigenvalue weighted by Crippen LogP contribution is 2.23.